The monoisotopic (exact) mass is 408 g/mol. The number of nitrogens with zero attached hydrogens (tertiary/aromatic N) is 2. The summed E-state index contributed by atoms with van der Waals surface area (Å²) in [6.45, 7) is 5.32. The molecular formula is C23H28N4O3. The lowest BCUT2D eigenvalue weighted by Gasteiger charge is -2.14. The number of benzene rings is 2. The van der Waals surface area contributed by atoms with Gasteiger partial charge in [0, 0.05) is 18.5 Å². The van der Waals surface area contributed by atoms with E-state index in [1.807, 2.05) is 48.5 Å². The maximum absolute atomic E-state index is 12.6. The van der Waals surface area contributed by atoms with Crippen LogP contribution in [0.15, 0.2) is 53.3 Å². The van der Waals surface area contributed by atoms with E-state index in [1.165, 1.54) is 4.57 Å². The third-order valence-electron chi connectivity index (χ3n) is 4.85. The molecule has 30 heavy (non-hydrogen) atoms. The summed E-state index contributed by atoms with van der Waals surface area (Å²) in [4.78, 5) is 29.3. The number of carbonyl (C=O) groups is 1. The standard InChI is InChI=1S/C23H28N4O3/c1-16(2)12-13-24-22-19-6-4-5-7-20(19)27(23(29)26-22)15-21(28)25-14-17-8-10-18(30-3)11-9-17/h4-11,16H,12-15H2,1-3H3,(H,25,28)(H,24,26,29). The highest BCUT2D eigenvalue weighted by atomic mass is 16.5. The predicted octanol–water partition coefficient (Wildman–Crippen LogP) is 3.18. The number of anilines is 1. The normalized spacial score (nSPS) is 10.9. The predicted molar refractivity (Wildman–Crippen MR) is 119 cm³/mol. The van der Waals surface area contributed by atoms with Crippen molar-refractivity contribution in [2.75, 3.05) is 19.0 Å². The molecule has 1 aromatic heterocycles. The molecule has 0 radical (unpaired) electrons. The molecule has 0 unspecified atom stereocenters. The summed E-state index contributed by atoms with van der Waals surface area (Å²) in [6.07, 6.45) is 0.979. The molecule has 0 saturated heterocycles. The van der Waals surface area contributed by atoms with Crippen LogP contribution in [0.5, 0.6) is 5.75 Å². The molecule has 158 valence electrons. The topological polar surface area (TPSA) is 85.2 Å². The number of hydrogen-bond donors (Lipinski definition) is 2. The van der Waals surface area contributed by atoms with E-state index in [9.17, 15) is 9.59 Å². The van der Waals surface area contributed by atoms with Gasteiger partial charge in [-0.1, -0.05) is 38.1 Å². The number of aromatic nitrogens is 2. The van der Waals surface area contributed by atoms with Crippen molar-refractivity contribution in [3.05, 3.63) is 64.6 Å². The lowest BCUT2D eigenvalue weighted by molar-refractivity contribution is -0.121. The van der Waals surface area contributed by atoms with Gasteiger partial charge in [0.1, 0.15) is 18.1 Å². The number of methoxy groups -OCH3 is 1. The van der Waals surface area contributed by atoms with E-state index in [0.29, 0.717) is 23.8 Å². The Kier molecular flexibility index (Phi) is 7.06. The largest absolute Gasteiger partial charge is 0.497 e. The highest BCUT2D eigenvalue weighted by Crippen LogP contribution is 2.19. The first-order chi connectivity index (χ1) is 14.5. The number of amides is 1. The van der Waals surface area contributed by atoms with E-state index >= 15 is 0 Å². The fourth-order valence-electron chi connectivity index (χ4n) is 3.14. The molecule has 0 aliphatic rings. The van der Waals surface area contributed by atoms with Crippen molar-refractivity contribution in [2.45, 2.75) is 33.4 Å². The van der Waals surface area contributed by atoms with E-state index < -0.39 is 5.69 Å². The van der Waals surface area contributed by atoms with Crippen LogP contribution in [0, 0.1) is 5.92 Å². The van der Waals surface area contributed by atoms with E-state index in [4.69, 9.17) is 4.74 Å². The van der Waals surface area contributed by atoms with Crippen molar-refractivity contribution in [1.29, 1.82) is 0 Å². The summed E-state index contributed by atoms with van der Waals surface area (Å²) in [5.41, 5.74) is 1.19. The minimum Gasteiger partial charge on any atom is -0.497 e. The molecule has 0 bridgehead atoms. The molecule has 3 rings (SSSR count). The van der Waals surface area contributed by atoms with E-state index in [-0.39, 0.29) is 12.5 Å². The Balaban J connectivity index is 1.74. The van der Waals surface area contributed by atoms with Crippen LogP contribution in [0.2, 0.25) is 0 Å². The minimum absolute atomic E-state index is 0.0885. The highest BCUT2D eigenvalue weighted by molar-refractivity contribution is 5.90. The molecule has 1 amide bonds. The second-order valence-electron chi connectivity index (χ2n) is 7.58. The van der Waals surface area contributed by atoms with Crippen LogP contribution >= 0.6 is 0 Å². The first kappa shape index (κ1) is 21.4. The lowest BCUT2D eigenvalue weighted by atomic mass is 10.1. The molecule has 2 N–H and O–H groups in total. The van der Waals surface area contributed by atoms with Gasteiger partial charge in [0.25, 0.3) is 0 Å². The summed E-state index contributed by atoms with van der Waals surface area (Å²) in [7, 11) is 1.61. The van der Waals surface area contributed by atoms with Gasteiger partial charge in [-0.25, -0.2) is 4.79 Å². The average Bonchev–Trinajstić information content (AvgIpc) is 2.75. The van der Waals surface area contributed by atoms with Gasteiger partial charge < -0.3 is 15.4 Å². The summed E-state index contributed by atoms with van der Waals surface area (Å²) in [5.74, 6) is 1.63. The van der Waals surface area contributed by atoms with Crippen LogP contribution < -0.4 is 21.1 Å². The molecule has 0 atom stereocenters. The van der Waals surface area contributed by atoms with Crippen molar-refractivity contribution in [2.24, 2.45) is 5.92 Å². The molecule has 1 heterocycles. The quantitative estimate of drug-likeness (QED) is 0.568. The van der Waals surface area contributed by atoms with E-state index in [0.717, 1.165) is 29.7 Å². The van der Waals surface area contributed by atoms with Gasteiger partial charge in [-0.2, -0.15) is 4.98 Å². The smallest absolute Gasteiger partial charge is 0.350 e. The molecule has 0 aliphatic carbocycles. The molecule has 3 aromatic rings. The molecular weight excluding hydrogens is 380 g/mol. The molecule has 7 nitrogen and oxygen atoms in total. The van der Waals surface area contributed by atoms with E-state index in [1.54, 1.807) is 7.11 Å². The van der Waals surface area contributed by atoms with Gasteiger partial charge in [0.15, 0.2) is 0 Å². The van der Waals surface area contributed by atoms with Crippen molar-refractivity contribution in [1.82, 2.24) is 14.9 Å². The maximum atomic E-state index is 12.6. The Morgan fingerprint density at radius 2 is 1.87 bits per heavy atom. The van der Waals surface area contributed by atoms with Crippen molar-refractivity contribution < 1.29 is 9.53 Å². The van der Waals surface area contributed by atoms with Crippen LogP contribution in [-0.2, 0) is 17.9 Å². The first-order valence-corrected chi connectivity index (χ1v) is 10.1. The number of hydrogen-bond acceptors (Lipinski definition) is 5. The number of rotatable bonds is 9. The van der Waals surface area contributed by atoms with Gasteiger partial charge in [0.2, 0.25) is 5.91 Å². The van der Waals surface area contributed by atoms with E-state index in [2.05, 4.69) is 29.5 Å². The zero-order valence-electron chi connectivity index (χ0n) is 17.6. The molecule has 0 fully saturated rings. The van der Waals surface area contributed by atoms with Crippen LogP contribution in [-0.4, -0.2) is 29.1 Å². The fourth-order valence-corrected chi connectivity index (χ4v) is 3.14. The lowest BCUT2D eigenvalue weighted by Crippen LogP contribution is -2.33. The molecule has 0 spiro atoms. The van der Waals surface area contributed by atoms with Crippen LogP contribution in [0.1, 0.15) is 25.8 Å². The minimum atomic E-state index is -0.444. The number of carbonyl (C=O) groups excluding carboxylic acids is 1. The summed E-state index contributed by atoms with van der Waals surface area (Å²) < 4.78 is 6.55. The van der Waals surface area contributed by atoms with Gasteiger partial charge in [-0.3, -0.25) is 9.36 Å². The third-order valence-corrected chi connectivity index (χ3v) is 4.85. The van der Waals surface area contributed by atoms with Crippen molar-refractivity contribution >= 4 is 22.6 Å². The number of ether oxygens (including phenoxy) is 1. The molecule has 0 saturated carbocycles. The Morgan fingerprint density at radius 1 is 1.13 bits per heavy atom. The Bertz CT molecular complexity index is 1060. The number of nitrogens with one attached hydrogen (secondary N) is 2. The van der Waals surface area contributed by atoms with Gasteiger partial charge >= 0.3 is 5.69 Å². The SMILES string of the molecule is COc1ccc(CNC(=O)Cn2c(=O)nc(NCCC(C)C)c3ccccc32)cc1. The van der Waals surface area contributed by atoms with Crippen LogP contribution in [0.3, 0.4) is 0 Å². The Labute approximate surface area is 176 Å². The number of fused-ring (bicyclic) bond motifs is 1. The molecule has 7 heteroatoms. The second kappa shape index (κ2) is 9.91. The second-order valence-corrected chi connectivity index (χ2v) is 7.58. The Morgan fingerprint density at radius 3 is 2.57 bits per heavy atom. The maximum Gasteiger partial charge on any atom is 0.350 e. The number of para-hydroxylation sites is 1. The molecule has 0 aliphatic heterocycles. The van der Waals surface area contributed by atoms with Crippen LogP contribution in [0.4, 0.5) is 5.82 Å². The van der Waals surface area contributed by atoms with Crippen molar-refractivity contribution in [3.63, 3.8) is 0 Å². The summed E-state index contributed by atoms with van der Waals surface area (Å²) in [5, 5.41) is 6.94. The zero-order chi connectivity index (χ0) is 21.5. The molecule has 2 aromatic carbocycles. The Hall–Kier alpha value is -3.35. The van der Waals surface area contributed by atoms with Crippen LogP contribution in [0.25, 0.3) is 10.9 Å². The summed E-state index contributed by atoms with van der Waals surface area (Å²) in [6, 6.07) is 15.0. The van der Waals surface area contributed by atoms with Gasteiger partial charge in [-0.15, -0.1) is 0 Å². The average molecular weight is 409 g/mol. The first-order valence-electron chi connectivity index (χ1n) is 10.1. The fraction of sp³-hybridized carbons (Fsp3) is 0.348. The zero-order valence-corrected chi connectivity index (χ0v) is 17.6. The third kappa shape index (κ3) is 5.37. The highest BCUT2D eigenvalue weighted by Gasteiger charge is 2.13. The van der Waals surface area contributed by atoms with Gasteiger partial charge in [-0.05, 0) is 42.2 Å². The van der Waals surface area contributed by atoms with Gasteiger partial charge in [0.05, 0.1) is 12.6 Å². The van der Waals surface area contributed by atoms with Crippen molar-refractivity contribution in [3.8, 4) is 5.75 Å². The summed E-state index contributed by atoms with van der Waals surface area (Å²) >= 11 is 0.